The molecule has 178 valence electrons. The molecule has 0 amide bonds. The highest BCUT2D eigenvalue weighted by atomic mass is 32.2. The van der Waals surface area contributed by atoms with E-state index in [2.05, 4.69) is 0 Å². The lowest BCUT2D eigenvalue weighted by molar-refractivity contribution is -0.158. The van der Waals surface area contributed by atoms with Crippen LogP contribution in [0.2, 0.25) is 0 Å². The van der Waals surface area contributed by atoms with Gasteiger partial charge in [0.05, 0.1) is 23.5 Å². The van der Waals surface area contributed by atoms with Gasteiger partial charge >= 0.3 is 5.97 Å². The Kier molecular flexibility index (Phi) is 6.84. The molecule has 33 heavy (non-hydrogen) atoms. The maximum Gasteiger partial charge on any atom is 0.303 e. The molecule has 1 aliphatic heterocycles. The molecule has 1 heterocycles. The second-order valence-corrected chi connectivity index (χ2v) is 11.6. The molecular weight excluding hydrogens is 447 g/mol. The SMILES string of the molecule is CC(C)(COC1OC(C)(C)C(c2ccc(S(C)(=O)=O)cc2)=C1c1cccc(F)c1)CC(=O)O. The fourth-order valence-corrected chi connectivity index (χ4v) is 4.65. The first-order valence-corrected chi connectivity index (χ1v) is 12.4. The Morgan fingerprint density at radius 3 is 2.33 bits per heavy atom. The average molecular weight is 477 g/mol. The molecule has 0 spiro atoms. The summed E-state index contributed by atoms with van der Waals surface area (Å²) in [6.07, 6.45) is 0.201. The molecule has 8 heteroatoms. The third kappa shape index (κ3) is 5.88. The van der Waals surface area contributed by atoms with Crippen LogP contribution < -0.4 is 0 Å². The van der Waals surface area contributed by atoms with E-state index in [1.165, 1.54) is 24.3 Å². The highest BCUT2D eigenvalue weighted by Gasteiger charge is 2.43. The molecule has 0 aliphatic carbocycles. The second kappa shape index (κ2) is 9.00. The first kappa shape index (κ1) is 25.1. The van der Waals surface area contributed by atoms with Crippen LogP contribution in [0.1, 0.15) is 45.2 Å². The quantitative estimate of drug-likeness (QED) is 0.589. The topological polar surface area (TPSA) is 89.9 Å². The van der Waals surface area contributed by atoms with Gasteiger partial charge in [0.15, 0.2) is 16.1 Å². The summed E-state index contributed by atoms with van der Waals surface area (Å²) >= 11 is 0. The highest BCUT2D eigenvalue weighted by Crippen LogP contribution is 2.47. The molecule has 0 saturated carbocycles. The molecular formula is C25H29FO6S. The summed E-state index contributed by atoms with van der Waals surface area (Å²) < 4.78 is 50.2. The third-order valence-electron chi connectivity index (χ3n) is 5.47. The molecule has 2 aromatic rings. The fraction of sp³-hybridized carbons (Fsp3) is 0.400. The van der Waals surface area contributed by atoms with Crippen molar-refractivity contribution >= 4 is 27.0 Å². The van der Waals surface area contributed by atoms with E-state index in [9.17, 15) is 22.7 Å². The number of ether oxygens (including phenoxy) is 2. The van der Waals surface area contributed by atoms with Crippen LogP contribution >= 0.6 is 0 Å². The van der Waals surface area contributed by atoms with Gasteiger partial charge in [-0.2, -0.15) is 0 Å². The zero-order chi connectivity index (χ0) is 24.6. The molecule has 6 nitrogen and oxygen atoms in total. The number of rotatable bonds is 8. The average Bonchev–Trinajstić information content (AvgIpc) is 2.95. The minimum atomic E-state index is -3.36. The fourth-order valence-electron chi connectivity index (χ4n) is 4.01. The minimum Gasteiger partial charge on any atom is -0.481 e. The van der Waals surface area contributed by atoms with Gasteiger partial charge in [-0.05, 0) is 60.2 Å². The monoisotopic (exact) mass is 476 g/mol. The van der Waals surface area contributed by atoms with E-state index in [0.717, 1.165) is 17.4 Å². The Morgan fingerprint density at radius 2 is 1.79 bits per heavy atom. The van der Waals surface area contributed by atoms with Crippen molar-refractivity contribution < 1.29 is 32.2 Å². The van der Waals surface area contributed by atoms with Crippen LogP contribution in [0.5, 0.6) is 0 Å². The molecule has 0 saturated heterocycles. The van der Waals surface area contributed by atoms with Crippen LogP contribution in [0.15, 0.2) is 53.4 Å². The first-order valence-electron chi connectivity index (χ1n) is 10.5. The predicted molar refractivity (Wildman–Crippen MR) is 124 cm³/mol. The van der Waals surface area contributed by atoms with Crippen molar-refractivity contribution in [2.45, 2.75) is 50.9 Å². The van der Waals surface area contributed by atoms with Crippen LogP contribution in [-0.4, -0.2) is 44.2 Å². The van der Waals surface area contributed by atoms with Crippen molar-refractivity contribution in [3.05, 3.63) is 65.5 Å². The Balaban J connectivity index is 2.10. The van der Waals surface area contributed by atoms with Crippen molar-refractivity contribution in [2.24, 2.45) is 5.41 Å². The summed E-state index contributed by atoms with van der Waals surface area (Å²) in [6.45, 7) is 7.41. The zero-order valence-electron chi connectivity index (χ0n) is 19.4. The van der Waals surface area contributed by atoms with E-state index in [0.29, 0.717) is 11.1 Å². The Hall–Kier alpha value is -2.55. The number of aliphatic carboxylic acids is 1. The van der Waals surface area contributed by atoms with Crippen LogP contribution in [-0.2, 0) is 24.1 Å². The summed E-state index contributed by atoms with van der Waals surface area (Å²) in [5, 5.41) is 9.17. The lowest BCUT2D eigenvalue weighted by atomic mass is 9.86. The van der Waals surface area contributed by atoms with Crippen LogP contribution in [0.4, 0.5) is 4.39 Å². The van der Waals surface area contributed by atoms with E-state index in [1.807, 2.05) is 13.8 Å². The Labute approximate surface area is 194 Å². The molecule has 2 aromatic carbocycles. The van der Waals surface area contributed by atoms with Crippen molar-refractivity contribution in [3.63, 3.8) is 0 Å². The van der Waals surface area contributed by atoms with Gasteiger partial charge in [0.2, 0.25) is 0 Å². The summed E-state index contributed by atoms with van der Waals surface area (Å²) in [7, 11) is -3.36. The molecule has 0 fully saturated rings. The van der Waals surface area contributed by atoms with Crippen molar-refractivity contribution in [1.82, 2.24) is 0 Å². The number of carboxylic acids is 1. The largest absolute Gasteiger partial charge is 0.481 e. The normalized spacial score (nSPS) is 18.5. The number of halogens is 1. The van der Waals surface area contributed by atoms with Crippen LogP contribution in [0.25, 0.3) is 11.1 Å². The van der Waals surface area contributed by atoms with Crippen LogP contribution in [0.3, 0.4) is 0 Å². The predicted octanol–water partition coefficient (Wildman–Crippen LogP) is 4.79. The standard InChI is InChI=1S/C25H29FO6S/c1-24(2,14-20(27)28)15-31-23-21(17-7-6-8-18(26)13-17)22(25(3,4)32-23)16-9-11-19(12-10-16)33(5,29)30/h6-13,23H,14-15H2,1-5H3,(H,27,28). The molecule has 1 atom stereocenters. The van der Waals surface area contributed by atoms with Gasteiger partial charge < -0.3 is 14.6 Å². The first-order chi connectivity index (χ1) is 15.2. The smallest absolute Gasteiger partial charge is 0.303 e. The van der Waals surface area contributed by atoms with E-state index in [1.54, 1.807) is 38.1 Å². The Bertz CT molecular complexity index is 1180. The van der Waals surface area contributed by atoms with Gasteiger partial charge in [-0.25, -0.2) is 12.8 Å². The highest BCUT2D eigenvalue weighted by molar-refractivity contribution is 7.90. The number of sulfone groups is 1. The number of benzene rings is 2. The van der Waals surface area contributed by atoms with Crippen molar-refractivity contribution in [2.75, 3.05) is 12.9 Å². The minimum absolute atomic E-state index is 0.0814. The van der Waals surface area contributed by atoms with Gasteiger partial charge in [0.25, 0.3) is 0 Å². The molecule has 0 aromatic heterocycles. The van der Waals surface area contributed by atoms with E-state index in [4.69, 9.17) is 9.47 Å². The van der Waals surface area contributed by atoms with Gasteiger partial charge in [-0.15, -0.1) is 0 Å². The maximum atomic E-state index is 14.1. The lowest BCUT2D eigenvalue weighted by Crippen LogP contribution is -2.30. The van der Waals surface area contributed by atoms with Gasteiger partial charge in [0, 0.05) is 11.8 Å². The summed E-state index contributed by atoms with van der Waals surface area (Å²) in [5.41, 5.74) is 1.18. The van der Waals surface area contributed by atoms with Gasteiger partial charge in [-0.3, -0.25) is 4.79 Å². The molecule has 1 N–H and O–H groups in total. The summed E-state index contributed by atoms with van der Waals surface area (Å²) in [6, 6.07) is 12.6. The molecule has 0 radical (unpaired) electrons. The van der Waals surface area contributed by atoms with Crippen LogP contribution in [0, 0.1) is 11.2 Å². The molecule has 0 bridgehead atoms. The van der Waals surface area contributed by atoms with E-state index < -0.39 is 38.9 Å². The second-order valence-electron chi connectivity index (χ2n) is 9.60. The molecule has 1 unspecified atom stereocenters. The zero-order valence-corrected chi connectivity index (χ0v) is 20.2. The number of carbonyl (C=O) groups is 1. The lowest BCUT2D eigenvalue weighted by Gasteiger charge is -2.27. The van der Waals surface area contributed by atoms with E-state index in [-0.39, 0.29) is 17.9 Å². The third-order valence-corrected chi connectivity index (χ3v) is 6.60. The number of hydrogen-bond donors (Lipinski definition) is 1. The maximum absolute atomic E-state index is 14.1. The van der Waals surface area contributed by atoms with Gasteiger partial charge in [-0.1, -0.05) is 38.1 Å². The Morgan fingerprint density at radius 1 is 1.15 bits per heavy atom. The van der Waals surface area contributed by atoms with Crippen molar-refractivity contribution in [3.8, 4) is 0 Å². The summed E-state index contributed by atoms with van der Waals surface area (Å²) in [4.78, 5) is 11.4. The number of hydrogen-bond acceptors (Lipinski definition) is 5. The van der Waals surface area contributed by atoms with Gasteiger partial charge in [0.1, 0.15) is 5.82 Å². The summed E-state index contributed by atoms with van der Waals surface area (Å²) in [5.74, 6) is -1.34. The molecule has 3 rings (SSSR count). The van der Waals surface area contributed by atoms with Crippen molar-refractivity contribution in [1.29, 1.82) is 0 Å². The molecule has 1 aliphatic rings. The number of carboxylic acid groups (broad SMARTS) is 1. The van der Waals surface area contributed by atoms with E-state index >= 15 is 0 Å².